The van der Waals surface area contributed by atoms with E-state index in [1.165, 1.54) is 0 Å². The molecule has 0 aromatic heterocycles. The predicted octanol–water partition coefficient (Wildman–Crippen LogP) is 1.58. The number of aryl methyl sites for hydroxylation is 1. The standard InChI is InChI=1S/C14H19N3O3/c1-8-5-10(7-12(9(8)2)17(19)20)6-11-13(18)16-14(3,4)15-11/h5,7,11,15H,6H2,1-4H3,(H,16,18). The number of carbonyl (C=O) groups is 1. The minimum Gasteiger partial charge on any atom is -0.337 e. The van der Waals surface area contributed by atoms with Crippen LogP contribution in [0.25, 0.3) is 0 Å². The molecule has 1 amide bonds. The molecule has 6 heteroatoms. The number of carbonyl (C=O) groups excluding carboxylic acids is 1. The largest absolute Gasteiger partial charge is 0.337 e. The Balaban J connectivity index is 2.27. The molecular weight excluding hydrogens is 258 g/mol. The Morgan fingerprint density at radius 3 is 2.50 bits per heavy atom. The van der Waals surface area contributed by atoms with Crippen LogP contribution < -0.4 is 10.6 Å². The van der Waals surface area contributed by atoms with Crippen LogP contribution in [0, 0.1) is 24.0 Å². The van der Waals surface area contributed by atoms with Crippen molar-refractivity contribution in [3.8, 4) is 0 Å². The molecule has 2 N–H and O–H groups in total. The zero-order valence-corrected chi connectivity index (χ0v) is 12.1. The Morgan fingerprint density at radius 2 is 2.00 bits per heavy atom. The maximum absolute atomic E-state index is 11.9. The smallest absolute Gasteiger partial charge is 0.272 e. The molecule has 108 valence electrons. The molecule has 1 atom stereocenters. The molecule has 1 saturated heterocycles. The quantitative estimate of drug-likeness (QED) is 0.649. The summed E-state index contributed by atoms with van der Waals surface area (Å²) in [6.45, 7) is 7.35. The number of hydrogen-bond acceptors (Lipinski definition) is 4. The first kappa shape index (κ1) is 14.5. The Bertz CT molecular complexity index is 581. The molecule has 2 rings (SSSR count). The fourth-order valence-electron chi connectivity index (χ4n) is 2.53. The summed E-state index contributed by atoms with van der Waals surface area (Å²) in [5.41, 5.74) is 2.01. The third-order valence-corrected chi connectivity index (χ3v) is 3.62. The van der Waals surface area contributed by atoms with Gasteiger partial charge in [0.15, 0.2) is 0 Å². The van der Waals surface area contributed by atoms with Crippen molar-refractivity contribution in [2.75, 3.05) is 0 Å². The van der Waals surface area contributed by atoms with Crippen LogP contribution in [0.5, 0.6) is 0 Å². The second kappa shape index (κ2) is 4.86. The Hall–Kier alpha value is -1.95. The number of benzene rings is 1. The first-order valence-corrected chi connectivity index (χ1v) is 6.54. The van der Waals surface area contributed by atoms with E-state index >= 15 is 0 Å². The van der Waals surface area contributed by atoms with E-state index < -0.39 is 5.66 Å². The molecule has 1 fully saturated rings. The minimum atomic E-state index is -0.437. The van der Waals surface area contributed by atoms with Crippen LogP contribution in [0.1, 0.15) is 30.5 Å². The highest BCUT2D eigenvalue weighted by atomic mass is 16.6. The van der Waals surface area contributed by atoms with Crippen molar-refractivity contribution >= 4 is 11.6 Å². The fraction of sp³-hybridized carbons (Fsp3) is 0.500. The molecule has 1 aliphatic heterocycles. The molecule has 1 heterocycles. The van der Waals surface area contributed by atoms with Crippen molar-refractivity contribution in [3.63, 3.8) is 0 Å². The molecule has 0 aliphatic carbocycles. The average molecular weight is 277 g/mol. The highest BCUT2D eigenvalue weighted by Crippen LogP contribution is 2.24. The van der Waals surface area contributed by atoms with Gasteiger partial charge in [-0.1, -0.05) is 6.07 Å². The van der Waals surface area contributed by atoms with Crippen LogP contribution in [0.15, 0.2) is 12.1 Å². The van der Waals surface area contributed by atoms with Gasteiger partial charge in [-0.15, -0.1) is 0 Å². The van der Waals surface area contributed by atoms with Crippen LogP contribution in [0.2, 0.25) is 0 Å². The van der Waals surface area contributed by atoms with Crippen molar-refractivity contribution in [2.24, 2.45) is 0 Å². The van der Waals surface area contributed by atoms with E-state index in [0.29, 0.717) is 12.0 Å². The number of nitro groups is 1. The van der Waals surface area contributed by atoms with Crippen LogP contribution in [0.3, 0.4) is 0 Å². The maximum atomic E-state index is 11.9. The van der Waals surface area contributed by atoms with Crippen molar-refractivity contribution < 1.29 is 9.72 Å². The van der Waals surface area contributed by atoms with Gasteiger partial charge in [0.1, 0.15) is 0 Å². The topological polar surface area (TPSA) is 84.3 Å². The molecule has 0 spiro atoms. The third kappa shape index (κ3) is 2.80. The zero-order chi connectivity index (χ0) is 15.1. The summed E-state index contributed by atoms with van der Waals surface area (Å²) in [6, 6.07) is 3.11. The van der Waals surface area contributed by atoms with Gasteiger partial charge in [-0.25, -0.2) is 0 Å². The number of hydrogen-bond donors (Lipinski definition) is 2. The monoisotopic (exact) mass is 277 g/mol. The Labute approximate surface area is 117 Å². The molecular formula is C14H19N3O3. The van der Waals surface area contributed by atoms with Gasteiger partial charge >= 0.3 is 0 Å². The van der Waals surface area contributed by atoms with Gasteiger partial charge in [-0.05, 0) is 45.2 Å². The summed E-state index contributed by atoms with van der Waals surface area (Å²) in [7, 11) is 0. The van der Waals surface area contributed by atoms with E-state index in [4.69, 9.17) is 0 Å². The zero-order valence-electron chi connectivity index (χ0n) is 12.1. The SMILES string of the molecule is Cc1cc(CC2NC(C)(C)NC2=O)cc([N+](=O)[O-])c1C. The van der Waals surface area contributed by atoms with Crippen molar-refractivity contribution in [3.05, 3.63) is 38.9 Å². The molecule has 20 heavy (non-hydrogen) atoms. The van der Waals surface area contributed by atoms with Crippen LogP contribution in [0.4, 0.5) is 5.69 Å². The van der Waals surface area contributed by atoms with E-state index in [1.807, 2.05) is 26.8 Å². The van der Waals surface area contributed by atoms with E-state index in [-0.39, 0.29) is 22.6 Å². The summed E-state index contributed by atoms with van der Waals surface area (Å²) in [5, 5.41) is 17.1. The second-order valence-electron chi connectivity index (χ2n) is 5.83. The molecule has 0 saturated carbocycles. The molecule has 1 aromatic carbocycles. The number of nitro benzene ring substituents is 1. The van der Waals surface area contributed by atoms with Crippen molar-refractivity contribution in [1.82, 2.24) is 10.6 Å². The van der Waals surface area contributed by atoms with E-state index in [1.54, 1.807) is 13.0 Å². The summed E-state index contributed by atoms with van der Waals surface area (Å²) >= 11 is 0. The predicted molar refractivity (Wildman–Crippen MR) is 75.4 cm³/mol. The first-order valence-electron chi connectivity index (χ1n) is 6.54. The number of nitrogens with one attached hydrogen (secondary N) is 2. The Kier molecular flexibility index (Phi) is 3.52. The number of amides is 1. The maximum Gasteiger partial charge on any atom is 0.272 e. The molecule has 6 nitrogen and oxygen atoms in total. The van der Waals surface area contributed by atoms with Gasteiger partial charge in [-0.3, -0.25) is 20.2 Å². The van der Waals surface area contributed by atoms with Gasteiger partial charge in [0.2, 0.25) is 5.91 Å². The van der Waals surface area contributed by atoms with Gasteiger partial charge in [-0.2, -0.15) is 0 Å². The van der Waals surface area contributed by atoms with E-state index in [0.717, 1.165) is 11.1 Å². The average Bonchev–Trinajstić information content (AvgIpc) is 2.56. The van der Waals surface area contributed by atoms with E-state index in [9.17, 15) is 14.9 Å². The van der Waals surface area contributed by atoms with Crippen molar-refractivity contribution in [2.45, 2.75) is 45.8 Å². The fourth-order valence-corrected chi connectivity index (χ4v) is 2.53. The molecule has 0 bridgehead atoms. The molecule has 1 aromatic rings. The van der Waals surface area contributed by atoms with Gasteiger partial charge < -0.3 is 5.32 Å². The lowest BCUT2D eigenvalue weighted by atomic mass is 9.99. The summed E-state index contributed by atoms with van der Waals surface area (Å²) in [6.07, 6.45) is 0.442. The van der Waals surface area contributed by atoms with Crippen LogP contribution in [-0.2, 0) is 11.2 Å². The molecule has 1 aliphatic rings. The van der Waals surface area contributed by atoms with E-state index in [2.05, 4.69) is 10.6 Å². The van der Waals surface area contributed by atoms with Gasteiger partial charge in [0, 0.05) is 11.6 Å². The van der Waals surface area contributed by atoms with Crippen LogP contribution >= 0.6 is 0 Å². The summed E-state index contributed by atoms with van der Waals surface area (Å²) in [5.74, 6) is -0.0733. The van der Waals surface area contributed by atoms with Crippen LogP contribution in [-0.4, -0.2) is 22.5 Å². The van der Waals surface area contributed by atoms with Gasteiger partial charge in [0.05, 0.1) is 16.6 Å². The Morgan fingerprint density at radius 1 is 1.35 bits per heavy atom. The lowest BCUT2D eigenvalue weighted by molar-refractivity contribution is -0.385. The summed E-state index contributed by atoms with van der Waals surface area (Å²) in [4.78, 5) is 22.5. The normalized spacial score (nSPS) is 20.8. The number of rotatable bonds is 3. The minimum absolute atomic E-state index is 0.0733. The highest BCUT2D eigenvalue weighted by Gasteiger charge is 2.36. The van der Waals surface area contributed by atoms with Crippen molar-refractivity contribution in [1.29, 1.82) is 0 Å². The molecule has 0 radical (unpaired) electrons. The lowest BCUT2D eigenvalue weighted by Gasteiger charge is -2.18. The lowest BCUT2D eigenvalue weighted by Crippen LogP contribution is -2.44. The summed E-state index contributed by atoms with van der Waals surface area (Å²) < 4.78 is 0. The van der Waals surface area contributed by atoms with Gasteiger partial charge in [0.25, 0.3) is 5.69 Å². The highest BCUT2D eigenvalue weighted by molar-refractivity contribution is 5.85. The molecule has 1 unspecified atom stereocenters. The second-order valence-corrected chi connectivity index (χ2v) is 5.83. The first-order chi connectivity index (χ1) is 9.19. The third-order valence-electron chi connectivity index (χ3n) is 3.62. The number of nitrogens with zero attached hydrogens (tertiary/aromatic N) is 1.